The molecule has 3 rings (SSSR count). The van der Waals surface area contributed by atoms with E-state index in [0.29, 0.717) is 16.0 Å². The Balaban J connectivity index is 1.49. The Morgan fingerprint density at radius 1 is 1.03 bits per heavy atom. The molecule has 158 valence electrons. The number of rotatable bonds is 9. The lowest BCUT2D eigenvalue weighted by atomic mass is 9.96. The van der Waals surface area contributed by atoms with E-state index in [1.54, 1.807) is 24.3 Å². The zero-order valence-corrected chi connectivity index (χ0v) is 18.2. The SMILES string of the molecule is CC(C)C(NC(=O)CSc1nnc(NCc2ccc(F)cc2)s1)c1ccc(F)cc1. The summed E-state index contributed by atoms with van der Waals surface area (Å²) < 4.78 is 26.8. The minimum atomic E-state index is -0.303. The average Bonchev–Trinajstić information content (AvgIpc) is 3.18. The maximum absolute atomic E-state index is 13.2. The Morgan fingerprint density at radius 3 is 2.30 bits per heavy atom. The number of anilines is 1. The van der Waals surface area contributed by atoms with Gasteiger partial charge < -0.3 is 10.6 Å². The Hall–Kier alpha value is -2.52. The van der Waals surface area contributed by atoms with Crippen LogP contribution in [0.1, 0.15) is 31.0 Å². The van der Waals surface area contributed by atoms with Gasteiger partial charge in [-0.05, 0) is 41.3 Å². The number of amides is 1. The molecule has 9 heteroatoms. The van der Waals surface area contributed by atoms with Crippen LogP contribution in [0.4, 0.5) is 13.9 Å². The third-order valence-corrected chi connectivity index (χ3v) is 6.32. The van der Waals surface area contributed by atoms with E-state index in [9.17, 15) is 13.6 Å². The molecule has 1 heterocycles. The van der Waals surface area contributed by atoms with E-state index in [0.717, 1.165) is 11.1 Å². The number of nitrogens with one attached hydrogen (secondary N) is 2. The third-order valence-electron chi connectivity index (χ3n) is 4.30. The van der Waals surface area contributed by atoms with Crippen molar-refractivity contribution in [1.29, 1.82) is 0 Å². The molecule has 0 bridgehead atoms. The van der Waals surface area contributed by atoms with E-state index in [1.165, 1.54) is 47.4 Å². The van der Waals surface area contributed by atoms with Gasteiger partial charge in [0.05, 0.1) is 11.8 Å². The molecule has 0 spiro atoms. The Kier molecular flexibility index (Phi) is 7.75. The predicted molar refractivity (Wildman–Crippen MR) is 116 cm³/mol. The van der Waals surface area contributed by atoms with Crippen LogP contribution >= 0.6 is 23.1 Å². The molecule has 1 atom stereocenters. The first kappa shape index (κ1) is 22.2. The molecule has 5 nitrogen and oxygen atoms in total. The molecule has 0 aliphatic heterocycles. The molecule has 1 amide bonds. The van der Waals surface area contributed by atoms with E-state index < -0.39 is 0 Å². The zero-order chi connectivity index (χ0) is 21.5. The molecule has 0 fully saturated rings. The van der Waals surface area contributed by atoms with Gasteiger partial charge in [0.25, 0.3) is 0 Å². The van der Waals surface area contributed by atoms with E-state index in [1.807, 2.05) is 13.8 Å². The smallest absolute Gasteiger partial charge is 0.230 e. The highest BCUT2D eigenvalue weighted by Gasteiger charge is 2.19. The summed E-state index contributed by atoms with van der Waals surface area (Å²) in [5, 5.41) is 14.9. The van der Waals surface area contributed by atoms with E-state index in [4.69, 9.17) is 0 Å². The normalized spacial score (nSPS) is 12.0. The standard InChI is InChI=1S/C21H22F2N4OS2/c1-13(2)19(15-5-9-17(23)10-6-15)25-18(28)12-29-21-27-26-20(30-21)24-11-14-3-7-16(22)8-4-14/h3-10,13,19H,11-12H2,1-2H3,(H,24,26)(H,25,28). The van der Waals surface area contributed by atoms with Crippen LogP contribution in [-0.2, 0) is 11.3 Å². The molecule has 2 N–H and O–H groups in total. The van der Waals surface area contributed by atoms with Gasteiger partial charge in [0.15, 0.2) is 4.34 Å². The quantitative estimate of drug-likeness (QED) is 0.449. The van der Waals surface area contributed by atoms with Gasteiger partial charge in [-0.3, -0.25) is 4.79 Å². The number of aromatic nitrogens is 2. The number of thioether (sulfide) groups is 1. The summed E-state index contributed by atoms with van der Waals surface area (Å²) in [6, 6.07) is 12.2. The van der Waals surface area contributed by atoms with E-state index >= 15 is 0 Å². The van der Waals surface area contributed by atoms with Crippen molar-refractivity contribution in [3.63, 3.8) is 0 Å². The van der Waals surface area contributed by atoms with Crippen molar-refractivity contribution in [2.45, 2.75) is 30.8 Å². The first-order valence-electron chi connectivity index (χ1n) is 9.40. The number of hydrogen-bond acceptors (Lipinski definition) is 6. The van der Waals surface area contributed by atoms with Gasteiger partial charge in [-0.2, -0.15) is 0 Å². The van der Waals surface area contributed by atoms with Gasteiger partial charge >= 0.3 is 0 Å². The first-order valence-corrected chi connectivity index (χ1v) is 11.2. The second kappa shape index (κ2) is 10.5. The minimum absolute atomic E-state index is 0.126. The summed E-state index contributed by atoms with van der Waals surface area (Å²) in [5.41, 5.74) is 1.80. The molecule has 0 radical (unpaired) electrons. The number of carbonyl (C=O) groups excluding carboxylic acids is 1. The van der Waals surface area contributed by atoms with Crippen molar-refractivity contribution in [2.75, 3.05) is 11.1 Å². The summed E-state index contributed by atoms with van der Waals surface area (Å²) in [5.74, 6) is -0.335. The summed E-state index contributed by atoms with van der Waals surface area (Å²) >= 11 is 2.66. The molecule has 1 unspecified atom stereocenters. The minimum Gasteiger partial charge on any atom is -0.356 e. The predicted octanol–water partition coefficient (Wildman–Crippen LogP) is 5.03. The van der Waals surface area contributed by atoms with Gasteiger partial charge in [0, 0.05) is 6.54 Å². The fraction of sp³-hybridized carbons (Fsp3) is 0.286. The van der Waals surface area contributed by atoms with E-state index in [2.05, 4.69) is 20.8 Å². The fourth-order valence-electron chi connectivity index (χ4n) is 2.77. The van der Waals surface area contributed by atoms with Gasteiger partial charge in [0.2, 0.25) is 11.0 Å². The van der Waals surface area contributed by atoms with Gasteiger partial charge in [-0.15, -0.1) is 10.2 Å². The average molecular weight is 449 g/mol. The van der Waals surface area contributed by atoms with Crippen molar-refractivity contribution in [3.8, 4) is 0 Å². The molecule has 0 aliphatic carbocycles. The molecule has 30 heavy (non-hydrogen) atoms. The molecule has 2 aromatic carbocycles. The summed E-state index contributed by atoms with van der Waals surface area (Å²) in [6.45, 7) is 4.52. The van der Waals surface area contributed by atoms with Crippen LogP contribution in [0.3, 0.4) is 0 Å². The van der Waals surface area contributed by atoms with Crippen LogP contribution in [-0.4, -0.2) is 21.9 Å². The summed E-state index contributed by atoms with van der Waals surface area (Å²) in [4.78, 5) is 12.4. The van der Waals surface area contributed by atoms with Crippen LogP contribution in [0.25, 0.3) is 0 Å². The van der Waals surface area contributed by atoms with Crippen molar-refractivity contribution in [1.82, 2.24) is 15.5 Å². The van der Waals surface area contributed by atoms with Gasteiger partial charge in [-0.1, -0.05) is 61.2 Å². The Bertz CT molecular complexity index is 962. The van der Waals surface area contributed by atoms with E-state index in [-0.39, 0.29) is 35.3 Å². The Morgan fingerprint density at radius 2 is 1.67 bits per heavy atom. The molecule has 0 saturated heterocycles. The molecule has 1 aromatic heterocycles. The number of carbonyl (C=O) groups is 1. The first-order chi connectivity index (χ1) is 14.4. The number of hydrogen-bond donors (Lipinski definition) is 2. The monoisotopic (exact) mass is 448 g/mol. The lowest BCUT2D eigenvalue weighted by Gasteiger charge is -2.22. The lowest BCUT2D eigenvalue weighted by molar-refractivity contribution is -0.119. The summed E-state index contributed by atoms with van der Waals surface area (Å²) in [7, 11) is 0. The van der Waals surface area contributed by atoms with Crippen molar-refractivity contribution in [3.05, 3.63) is 71.3 Å². The van der Waals surface area contributed by atoms with Gasteiger partial charge in [0.1, 0.15) is 11.6 Å². The number of halogens is 2. The van der Waals surface area contributed by atoms with Crippen LogP contribution in [0, 0.1) is 17.6 Å². The summed E-state index contributed by atoms with van der Waals surface area (Å²) in [6.07, 6.45) is 0. The second-order valence-corrected chi connectivity index (χ2v) is 9.18. The van der Waals surface area contributed by atoms with Crippen LogP contribution in [0.15, 0.2) is 52.9 Å². The maximum Gasteiger partial charge on any atom is 0.230 e. The van der Waals surface area contributed by atoms with Crippen LogP contribution in [0.5, 0.6) is 0 Å². The fourth-order valence-corrected chi connectivity index (χ4v) is 4.33. The van der Waals surface area contributed by atoms with Gasteiger partial charge in [-0.25, -0.2) is 8.78 Å². The van der Waals surface area contributed by atoms with Crippen molar-refractivity contribution in [2.24, 2.45) is 5.92 Å². The van der Waals surface area contributed by atoms with Crippen molar-refractivity contribution < 1.29 is 13.6 Å². The third kappa shape index (κ3) is 6.50. The second-order valence-electron chi connectivity index (χ2n) is 6.98. The zero-order valence-electron chi connectivity index (χ0n) is 16.6. The lowest BCUT2D eigenvalue weighted by Crippen LogP contribution is -2.32. The van der Waals surface area contributed by atoms with Crippen molar-refractivity contribution >= 4 is 34.1 Å². The number of nitrogens with zero attached hydrogens (tertiary/aromatic N) is 2. The highest BCUT2D eigenvalue weighted by atomic mass is 32.2. The highest BCUT2D eigenvalue weighted by Crippen LogP contribution is 2.27. The molecule has 3 aromatic rings. The van der Waals surface area contributed by atoms with Crippen LogP contribution < -0.4 is 10.6 Å². The number of benzene rings is 2. The molecule has 0 aliphatic rings. The maximum atomic E-state index is 13.2. The molecular formula is C21H22F2N4OS2. The topological polar surface area (TPSA) is 66.9 Å². The molecular weight excluding hydrogens is 426 g/mol. The Labute approximate surface area is 182 Å². The largest absolute Gasteiger partial charge is 0.356 e. The highest BCUT2D eigenvalue weighted by molar-refractivity contribution is 8.01. The van der Waals surface area contributed by atoms with Crippen LogP contribution in [0.2, 0.25) is 0 Å². The molecule has 0 saturated carbocycles.